The fourth-order valence-corrected chi connectivity index (χ4v) is 4.65. The zero-order chi connectivity index (χ0) is 24.6. The lowest BCUT2D eigenvalue weighted by Crippen LogP contribution is -2.27. The maximum atomic E-state index is 13.1. The average Bonchev–Trinajstić information content (AvgIpc) is 3.37. The summed E-state index contributed by atoms with van der Waals surface area (Å²) in [6.45, 7) is 0. The molecule has 34 heavy (non-hydrogen) atoms. The topological polar surface area (TPSA) is 59.8 Å². The zero-order valence-corrected chi connectivity index (χ0v) is 19.6. The number of carbonyl (C=O) groups excluding carboxylic acids is 2. The van der Waals surface area contributed by atoms with E-state index in [0.717, 1.165) is 28.8 Å². The van der Waals surface area contributed by atoms with Crippen LogP contribution in [-0.2, 0) is 15.7 Å². The van der Waals surface area contributed by atoms with Crippen molar-refractivity contribution in [3.05, 3.63) is 81.4 Å². The summed E-state index contributed by atoms with van der Waals surface area (Å²) in [5.41, 5.74) is -0.132. The molecule has 1 aromatic heterocycles. The summed E-state index contributed by atoms with van der Waals surface area (Å²) in [4.78, 5) is 26.0. The second-order valence-corrected chi connectivity index (χ2v) is 9.04. The van der Waals surface area contributed by atoms with Crippen LogP contribution in [0, 0.1) is 0 Å². The number of alkyl halides is 3. The van der Waals surface area contributed by atoms with Gasteiger partial charge in [0, 0.05) is 11.6 Å². The van der Waals surface area contributed by atoms with E-state index in [-0.39, 0.29) is 25.5 Å². The molecular weight excluding hydrogens is 511 g/mol. The fourth-order valence-electron chi connectivity index (χ4n) is 3.17. The van der Waals surface area contributed by atoms with E-state index < -0.39 is 23.6 Å². The molecule has 5 nitrogen and oxygen atoms in total. The molecule has 0 N–H and O–H groups in total. The number of amides is 1. The van der Waals surface area contributed by atoms with Gasteiger partial charge in [-0.1, -0.05) is 41.6 Å². The van der Waals surface area contributed by atoms with Crippen LogP contribution in [0.2, 0.25) is 5.02 Å². The van der Waals surface area contributed by atoms with Crippen LogP contribution >= 0.6 is 35.6 Å². The Morgan fingerprint density at radius 1 is 1.18 bits per heavy atom. The van der Waals surface area contributed by atoms with Crippen molar-refractivity contribution < 1.29 is 31.9 Å². The van der Waals surface area contributed by atoms with E-state index in [1.165, 1.54) is 37.5 Å². The van der Waals surface area contributed by atoms with Gasteiger partial charge in [0.25, 0.3) is 5.91 Å². The minimum absolute atomic E-state index is 0.0253. The summed E-state index contributed by atoms with van der Waals surface area (Å²) in [7, 11) is 1.24. The zero-order valence-electron chi connectivity index (χ0n) is 17.2. The molecule has 0 saturated carbocycles. The number of rotatable bonds is 4. The maximum Gasteiger partial charge on any atom is 0.416 e. The van der Waals surface area contributed by atoms with Crippen LogP contribution in [0.3, 0.4) is 0 Å². The number of anilines is 1. The molecule has 0 atom stereocenters. The molecule has 1 fully saturated rings. The third-order valence-electron chi connectivity index (χ3n) is 4.78. The van der Waals surface area contributed by atoms with E-state index in [9.17, 15) is 22.8 Å². The van der Waals surface area contributed by atoms with Gasteiger partial charge < -0.3 is 9.15 Å². The molecule has 0 spiro atoms. The molecule has 1 aliphatic rings. The lowest BCUT2D eigenvalue weighted by molar-refractivity contribution is -0.137. The van der Waals surface area contributed by atoms with Crippen molar-refractivity contribution in [2.45, 2.75) is 6.18 Å². The number of furan rings is 1. The number of thioether (sulfide) groups is 1. The summed E-state index contributed by atoms with van der Waals surface area (Å²) in [6, 6.07) is 12.4. The lowest BCUT2D eigenvalue weighted by atomic mass is 10.1. The Balaban J connectivity index is 1.61. The number of benzene rings is 2. The van der Waals surface area contributed by atoms with E-state index in [1.807, 2.05) is 0 Å². The molecule has 3 aromatic rings. The monoisotopic (exact) mass is 523 g/mol. The van der Waals surface area contributed by atoms with Crippen molar-refractivity contribution in [1.29, 1.82) is 0 Å². The highest BCUT2D eigenvalue weighted by Crippen LogP contribution is 2.39. The van der Waals surface area contributed by atoms with Crippen LogP contribution in [-0.4, -0.2) is 23.3 Å². The standard InChI is InChI=1S/C23H13ClF3NO4S2/c1-31-21(30)16-9-12(5-7-17(16)24)18-8-6-15(32-18)11-19-20(29)28(22(33)34-19)14-4-2-3-13(10-14)23(25,26)27/h2-11H,1H3/b19-11-. The van der Waals surface area contributed by atoms with Crippen LogP contribution in [0.4, 0.5) is 18.9 Å². The number of esters is 1. The highest BCUT2D eigenvalue weighted by molar-refractivity contribution is 8.27. The Labute approximate surface area is 206 Å². The molecule has 0 bridgehead atoms. The summed E-state index contributed by atoms with van der Waals surface area (Å²) in [5.74, 6) is -0.445. The van der Waals surface area contributed by atoms with E-state index in [4.69, 9.17) is 33.0 Å². The highest BCUT2D eigenvalue weighted by Gasteiger charge is 2.36. The van der Waals surface area contributed by atoms with Crippen molar-refractivity contribution in [2.75, 3.05) is 12.0 Å². The minimum atomic E-state index is -4.55. The van der Waals surface area contributed by atoms with E-state index >= 15 is 0 Å². The minimum Gasteiger partial charge on any atom is -0.465 e. The first kappa shape index (κ1) is 24.1. The van der Waals surface area contributed by atoms with Crippen LogP contribution in [0.15, 0.2) is 63.9 Å². The van der Waals surface area contributed by atoms with Gasteiger partial charge in [-0.15, -0.1) is 0 Å². The first-order chi connectivity index (χ1) is 16.1. The predicted octanol–water partition coefficient (Wildman–Crippen LogP) is 6.81. The first-order valence-corrected chi connectivity index (χ1v) is 11.1. The molecule has 0 unspecified atom stereocenters. The van der Waals surface area contributed by atoms with Gasteiger partial charge in [-0.2, -0.15) is 13.2 Å². The van der Waals surface area contributed by atoms with Gasteiger partial charge in [-0.05, 0) is 48.5 Å². The Bertz CT molecular complexity index is 1350. The molecule has 1 amide bonds. The van der Waals surface area contributed by atoms with Gasteiger partial charge in [0.1, 0.15) is 11.5 Å². The van der Waals surface area contributed by atoms with Crippen LogP contribution < -0.4 is 4.90 Å². The van der Waals surface area contributed by atoms with Crippen molar-refractivity contribution in [1.82, 2.24) is 0 Å². The van der Waals surface area contributed by atoms with Crippen molar-refractivity contribution in [3.8, 4) is 11.3 Å². The smallest absolute Gasteiger partial charge is 0.416 e. The van der Waals surface area contributed by atoms with E-state index in [1.54, 1.807) is 18.2 Å². The molecule has 0 radical (unpaired) electrons. The van der Waals surface area contributed by atoms with Crippen molar-refractivity contribution >= 4 is 63.5 Å². The number of ether oxygens (including phenoxy) is 1. The quantitative estimate of drug-likeness (QED) is 0.213. The largest absolute Gasteiger partial charge is 0.465 e. The molecule has 11 heteroatoms. The van der Waals surface area contributed by atoms with Gasteiger partial charge in [-0.3, -0.25) is 9.69 Å². The number of halogens is 4. The van der Waals surface area contributed by atoms with Gasteiger partial charge in [0.05, 0.1) is 33.9 Å². The summed E-state index contributed by atoms with van der Waals surface area (Å²) in [6.07, 6.45) is -3.10. The van der Waals surface area contributed by atoms with Crippen molar-refractivity contribution in [2.24, 2.45) is 0 Å². The van der Waals surface area contributed by atoms with Gasteiger partial charge in [0.2, 0.25) is 0 Å². The molecule has 2 heterocycles. The number of thiocarbonyl (C=S) groups is 1. The van der Waals surface area contributed by atoms with E-state index in [2.05, 4.69) is 0 Å². The second kappa shape index (κ2) is 9.28. The molecule has 2 aromatic carbocycles. The summed E-state index contributed by atoms with van der Waals surface area (Å²) in [5, 5.41) is 0.223. The first-order valence-electron chi connectivity index (χ1n) is 9.52. The molecule has 0 aliphatic carbocycles. The van der Waals surface area contributed by atoms with Crippen molar-refractivity contribution in [3.63, 3.8) is 0 Å². The average molecular weight is 524 g/mol. The Hall–Kier alpha value is -3.08. The number of carbonyl (C=O) groups is 2. The Kier molecular flexibility index (Phi) is 6.57. The third-order valence-corrected chi connectivity index (χ3v) is 6.41. The van der Waals surface area contributed by atoms with Gasteiger partial charge in [-0.25, -0.2) is 4.79 Å². The normalized spacial score (nSPS) is 15.3. The molecule has 4 rings (SSSR count). The predicted molar refractivity (Wildman–Crippen MR) is 128 cm³/mol. The number of hydrogen-bond acceptors (Lipinski definition) is 6. The van der Waals surface area contributed by atoms with Crippen LogP contribution in [0.1, 0.15) is 21.7 Å². The summed E-state index contributed by atoms with van der Waals surface area (Å²) >= 11 is 12.2. The number of nitrogens with zero attached hydrogens (tertiary/aromatic N) is 1. The maximum absolute atomic E-state index is 13.1. The second-order valence-electron chi connectivity index (χ2n) is 6.95. The molecular formula is C23H13ClF3NO4S2. The molecule has 1 aliphatic heterocycles. The van der Waals surface area contributed by atoms with Crippen LogP contribution in [0.25, 0.3) is 17.4 Å². The highest BCUT2D eigenvalue weighted by atomic mass is 35.5. The lowest BCUT2D eigenvalue weighted by Gasteiger charge is -2.16. The van der Waals surface area contributed by atoms with Crippen LogP contribution in [0.5, 0.6) is 0 Å². The molecule has 174 valence electrons. The summed E-state index contributed by atoms with van der Waals surface area (Å²) < 4.78 is 49.8. The Morgan fingerprint density at radius 3 is 2.65 bits per heavy atom. The van der Waals surface area contributed by atoms with Gasteiger partial charge >= 0.3 is 12.1 Å². The number of methoxy groups -OCH3 is 1. The molecule has 1 saturated heterocycles. The van der Waals surface area contributed by atoms with Gasteiger partial charge in [0.15, 0.2) is 4.32 Å². The third kappa shape index (κ3) is 4.75. The SMILES string of the molecule is COC(=O)c1cc(-c2ccc(/C=C3\SC(=S)N(c4cccc(C(F)(F)F)c4)C3=O)o2)ccc1Cl. The van der Waals surface area contributed by atoms with E-state index in [0.29, 0.717) is 17.1 Å². The fraction of sp³-hybridized carbons (Fsp3) is 0.0870. The number of hydrogen-bond donors (Lipinski definition) is 0. The Morgan fingerprint density at radius 2 is 1.94 bits per heavy atom.